The molecule has 0 bridgehead atoms. The van der Waals surface area contributed by atoms with Crippen LogP contribution >= 0.6 is 23.2 Å². The van der Waals surface area contributed by atoms with Crippen molar-refractivity contribution in [3.8, 4) is 0 Å². The van der Waals surface area contributed by atoms with Crippen molar-refractivity contribution in [2.24, 2.45) is 0 Å². The molecule has 0 saturated heterocycles. The van der Waals surface area contributed by atoms with Crippen LogP contribution in [0.15, 0.2) is 48.5 Å². The van der Waals surface area contributed by atoms with Crippen LogP contribution < -0.4 is 5.32 Å². The van der Waals surface area contributed by atoms with Crippen LogP contribution in [0.25, 0.3) is 6.08 Å². The molecule has 2 aromatic carbocycles. The number of halogens is 2. The highest BCUT2D eigenvalue weighted by atomic mass is 35.5. The van der Waals surface area contributed by atoms with E-state index in [-0.39, 0.29) is 5.97 Å². The largest absolute Gasteiger partial charge is 0.463 e. The van der Waals surface area contributed by atoms with Crippen LogP contribution in [0.3, 0.4) is 0 Å². The monoisotopic (exact) mass is 335 g/mol. The van der Waals surface area contributed by atoms with Crippen LogP contribution in [-0.2, 0) is 9.53 Å². The van der Waals surface area contributed by atoms with Crippen molar-refractivity contribution in [1.29, 1.82) is 0 Å². The summed E-state index contributed by atoms with van der Waals surface area (Å²) in [4.78, 5) is 11.4. The maximum atomic E-state index is 11.4. The number of carbonyl (C=O) groups excluding carboxylic acids is 1. The lowest BCUT2D eigenvalue weighted by atomic mass is 10.1. The van der Waals surface area contributed by atoms with Crippen LogP contribution in [0.5, 0.6) is 0 Å². The molecular formula is C17H15Cl2NO2. The molecule has 0 atom stereocenters. The molecule has 0 radical (unpaired) electrons. The molecule has 0 saturated carbocycles. The summed E-state index contributed by atoms with van der Waals surface area (Å²) in [7, 11) is 0. The average molecular weight is 336 g/mol. The Kier molecular flexibility index (Phi) is 5.87. The Balaban J connectivity index is 2.27. The molecule has 114 valence electrons. The van der Waals surface area contributed by atoms with Gasteiger partial charge in [-0.25, -0.2) is 4.79 Å². The zero-order valence-electron chi connectivity index (χ0n) is 12.0. The van der Waals surface area contributed by atoms with Crippen LogP contribution in [0, 0.1) is 0 Å². The van der Waals surface area contributed by atoms with Gasteiger partial charge in [-0.3, -0.25) is 0 Å². The first-order chi connectivity index (χ1) is 10.6. The highest BCUT2D eigenvalue weighted by Gasteiger charge is 2.07. The lowest BCUT2D eigenvalue weighted by Crippen LogP contribution is -1.99. The summed E-state index contributed by atoms with van der Waals surface area (Å²) in [6.45, 7) is 2.11. The molecule has 0 aliphatic heterocycles. The third-order valence-electron chi connectivity index (χ3n) is 2.87. The van der Waals surface area contributed by atoms with Crippen LogP contribution in [0.1, 0.15) is 12.5 Å². The Labute approximate surface area is 139 Å². The topological polar surface area (TPSA) is 38.3 Å². The number of para-hydroxylation sites is 2. The fraction of sp³-hybridized carbons (Fsp3) is 0.118. The zero-order chi connectivity index (χ0) is 15.9. The quantitative estimate of drug-likeness (QED) is 0.594. The molecule has 0 unspecified atom stereocenters. The summed E-state index contributed by atoms with van der Waals surface area (Å²) in [5, 5.41) is 4.25. The molecule has 3 nitrogen and oxygen atoms in total. The predicted molar refractivity (Wildman–Crippen MR) is 91.9 cm³/mol. The van der Waals surface area contributed by atoms with Crippen molar-refractivity contribution in [3.63, 3.8) is 0 Å². The molecule has 1 N–H and O–H groups in total. The minimum Gasteiger partial charge on any atom is -0.463 e. The third-order valence-corrected chi connectivity index (χ3v) is 3.50. The minimum absolute atomic E-state index is 0.346. The van der Waals surface area contributed by atoms with E-state index in [0.717, 1.165) is 11.3 Å². The lowest BCUT2D eigenvalue weighted by Gasteiger charge is -2.12. The van der Waals surface area contributed by atoms with Gasteiger partial charge < -0.3 is 10.1 Å². The number of benzene rings is 2. The van der Waals surface area contributed by atoms with Crippen molar-refractivity contribution in [2.45, 2.75) is 6.92 Å². The Morgan fingerprint density at radius 1 is 1.14 bits per heavy atom. The normalized spacial score (nSPS) is 10.7. The number of carbonyl (C=O) groups is 1. The number of esters is 1. The highest BCUT2D eigenvalue weighted by Crippen LogP contribution is 2.33. The van der Waals surface area contributed by atoms with Crippen molar-refractivity contribution in [3.05, 3.63) is 64.1 Å². The van der Waals surface area contributed by atoms with Gasteiger partial charge in [0.1, 0.15) is 0 Å². The van der Waals surface area contributed by atoms with Crippen molar-refractivity contribution >= 4 is 46.6 Å². The van der Waals surface area contributed by atoms with E-state index in [4.69, 9.17) is 27.9 Å². The number of nitrogens with one attached hydrogen (secondary N) is 1. The highest BCUT2D eigenvalue weighted by molar-refractivity contribution is 6.39. The summed E-state index contributed by atoms with van der Waals surface area (Å²) < 4.78 is 4.87. The summed E-state index contributed by atoms with van der Waals surface area (Å²) in [6, 6.07) is 12.8. The molecule has 0 heterocycles. The molecule has 2 rings (SSSR count). The average Bonchev–Trinajstić information content (AvgIpc) is 2.50. The predicted octanol–water partition coefficient (Wildman–Crippen LogP) is 5.31. The maximum Gasteiger partial charge on any atom is 0.330 e. The second kappa shape index (κ2) is 7.87. The van der Waals surface area contributed by atoms with Gasteiger partial charge in [0.25, 0.3) is 0 Å². The number of ether oxygens (including phenoxy) is 1. The van der Waals surface area contributed by atoms with E-state index in [1.807, 2.05) is 24.3 Å². The van der Waals surface area contributed by atoms with E-state index in [2.05, 4.69) is 5.32 Å². The standard InChI is InChI=1S/C17H15Cl2NO2/c1-2-22-16(21)11-10-12-6-3-4-9-15(12)20-17-13(18)7-5-8-14(17)19/h3-11,20H,2H2,1H3. The van der Waals surface area contributed by atoms with Crippen molar-refractivity contribution in [2.75, 3.05) is 11.9 Å². The molecule has 5 heteroatoms. The number of hydrogen-bond donors (Lipinski definition) is 1. The Morgan fingerprint density at radius 3 is 2.50 bits per heavy atom. The maximum absolute atomic E-state index is 11.4. The molecule has 0 aliphatic rings. The van der Waals surface area contributed by atoms with Crippen molar-refractivity contribution < 1.29 is 9.53 Å². The molecule has 0 aliphatic carbocycles. The van der Waals surface area contributed by atoms with Gasteiger partial charge >= 0.3 is 5.97 Å². The lowest BCUT2D eigenvalue weighted by molar-refractivity contribution is -0.137. The van der Waals surface area contributed by atoms with E-state index < -0.39 is 0 Å². The second-order valence-corrected chi connectivity index (χ2v) is 5.21. The van der Waals surface area contributed by atoms with Crippen LogP contribution in [-0.4, -0.2) is 12.6 Å². The molecular weight excluding hydrogens is 321 g/mol. The summed E-state index contributed by atoms with van der Waals surface area (Å²) in [5.74, 6) is -0.381. The fourth-order valence-corrected chi connectivity index (χ4v) is 2.35. The van der Waals surface area contributed by atoms with Gasteiger partial charge in [0.2, 0.25) is 0 Å². The first-order valence-electron chi connectivity index (χ1n) is 6.76. The first-order valence-corrected chi connectivity index (χ1v) is 7.52. The smallest absolute Gasteiger partial charge is 0.330 e. The van der Waals surface area contributed by atoms with Crippen LogP contribution in [0.4, 0.5) is 11.4 Å². The van der Waals surface area contributed by atoms with Gasteiger partial charge in [-0.1, -0.05) is 47.5 Å². The molecule has 0 fully saturated rings. The third kappa shape index (κ3) is 4.26. The van der Waals surface area contributed by atoms with Gasteiger partial charge in [-0.15, -0.1) is 0 Å². The summed E-state index contributed by atoms with van der Waals surface area (Å²) >= 11 is 12.3. The van der Waals surface area contributed by atoms with Gasteiger partial charge in [-0.05, 0) is 36.8 Å². The Morgan fingerprint density at radius 2 is 1.82 bits per heavy atom. The van der Waals surface area contributed by atoms with Gasteiger partial charge in [0.05, 0.1) is 22.3 Å². The second-order valence-electron chi connectivity index (χ2n) is 4.39. The minimum atomic E-state index is -0.381. The van der Waals surface area contributed by atoms with Gasteiger partial charge in [0, 0.05) is 11.8 Å². The van der Waals surface area contributed by atoms with E-state index in [0.29, 0.717) is 22.3 Å². The molecule has 2 aromatic rings. The number of anilines is 2. The Bertz CT molecular complexity index is 679. The van der Waals surface area contributed by atoms with Crippen LogP contribution in [0.2, 0.25) is 10.0 Å². The molecule has 0 spiro atoms. The van der Waals surface area contributed by atoms with Gasteiger partial charge in [-0.2, -0.15) is 0 Å². The molecule has 0 aromatic heterocycles. The van der Waals surface area contributed by atoms with E-state index in [1.54, 1.807) is 31.2 Å². The van der Waals surface area contributed by atoms with Gasteiger partial charge in [0.15, 0.2) is 0 Å². The first kappa shape index (κ1) is 16.4. The Hall–Kier alpha value is -1.97. The molecule has 0 amide bonds. The summed E-state index contributed by atoms with van der Waals surface area (Å²) in [6.07, 6.45) is 3.07. The molecule has 22 heavy (non-hydrogen) atoms. The van der Waals surface area contributed by atoms with Crippen molar-refractivity contribution in [1.82, 2.24) is 0 Å². The fourth-order valence-electron chi connectivity index (χ4n) is 1.86. The number of rotatable bonds is 5. The SMILES string of the molecule is CCOC(=O)C=Cc1ccccc1Nc1c(Cl)cccc1Cl. The zero-order valence-corrected chi connectivity index (χ0v) is 13.5. The van der Waals surface area contributed by atoms with E-state index in [9.17, 15) is 4.79 Å². The number of hydrogen-bond acceptors (Lipinski definition) is 3. The van der Waals surface area contributed by atoms with E-state index in [1.165, 1.54) is 6.08 Å². The summed E-state index contributed by atoms with van der Waals surface area (Å²) in [5.41, 5.74) is 2.24. The van der Waals surface area contributed by atoms with E-state index >= 15 is 0 Å².